The highest BCUT2D eigenvalue weighted by atomic mass is 19.1. The smallest absolute Gasteiger partial charge is 0.242 e. The molecule has 2 aromatic heterocycles. The van der Waals surface area contributed by atoms with E-state index in [4.69, 9.17) is 10.3 Å². The molecule has 4 N–H and O–H groups in total. The standard InChI is InChI=1S/C20H20F2N4O3/c1-9-16(10(2)29-25-9)19-17(18-13(21)7-11(27)8-14(18)22)12-5-3-4-6-15(12)26(19)20(23)24-28/h7-8,27-28H,3-6H2,1-2H3,(H2,23,24). The van der Waals surface area contributed by atoms with E-state index in [2.05, 4.69) is 10.3 Å². The van der Waals surface area contributed by atoms with Crippen LogP contribution in [-0.2, 0) is 12.8 Å². The van der Waals surface area contributed by atoms with Crippen molar-refractivity contribution in [1.29, 1.82) is 0 Å². The first-order valence-corrected chi connectivity index (χ1v) is 9.21. The Bertz CT molecular complexity index is 1100. The van der Waals surface area contributed by atoms with Crippen molar-refractivity contribution < 1.29 is 23.6 Å². The molecule has 0 saturated carbocycles. The Kier molecular flexibility index (Phi) is 4.52. The highest BCUT2D eigenvalue weighted by molar-refractivity contribution is 5.96. The monoisotopic (exact) mass is 402 g/mol. The number of fused-ring (bicyclic) bond motifs is 1. The summed E-state index contributed by atoms with van der Waals surface area (Å²) in [5.74, 6) is -2.09. The molecule has 1 aliphatic rings. The van der Waals surface area contributed by atoms with E-state index in [1.807, 2.05) is 0 Å². The number of hydrogen-bond donors (Lipinski definition) is 3. The van der Waals surface area contributed by atoms with E-state index in [1.165, 1.54) is 4.57 Å². The number of halogens is 2. The van der Waals surface area contributed by atoms with Gasteiger partial charge >= 0.3 is 0 Å². The zero-order chi connectivity index (χ0) is 20.9. The van der Waals surface area contributed by atoms with E-state index in [1.54, 1.807) is 13.8 Å². The normalized spacial score (nSPS) is 14.3. The molecule has 29 heavy (non-hydrogen) atoms. The summed E-state index contributed by atoms with van der Waals surface area (Å²) in [6, 6.07) is 1.73. The van der Waals surface area contributed by atoms with Crippen LogP contribution in [0, 0.1) is 25.5 Å². The number of aromatic nitrogens is 2. The lowest BCUT2D eigenvalue weighted by molar-refractivity contribution is 0.316. The van der Waals surface area contributed by atoms with Gasteiger partial charge < -0.3 is 20.6 Å². The summed E-state index contributed by atoms with van der Waals surface area (Å²) in [7, 11) is 0. The van der Waals surface area contributed by atoms with Crippen molar-refractivity contribution in [3.8, 4) is 28.1 Å². The Labute approximate surface area is 165 Å². The fourth-order valence-corrected chi connectivity index (χ4v) is 4.22. The first kappa shape index (κ1) is 19.0. The van der Waals surface area contributed by atoms with Gasteiger partial charge in [-0.2, -0.15) is 0 Å². The number of aromatic hydroxyl groups is 1. The van der Waals surface area contributed by atoms with Gasteiger partial charge in [-0.15, -0.1) is 0 Å². The number of aryl methyl sites for hydroxylation is 2. The van der Waals surface area contributed by atoms with Gasteiger partial charge in [0.25, 0.3) is 0 Å². The van der Waals surface area contributed by atoms with Crippen LogP contribution in [0.3, 0.4) is 0 Å². The summed E-state index contributed by atoms with van der Waals surface area (Å²) < 4.78 is 36.6. The Balaban J connectivity index is 2.21. The maximum atomic E-state index is 14.9. The molecule has 0 atom stereocenters. The Morgan fingerprint density at radius 3 is 2.38 bits per heavy atom. The molecule has 0 radical (unpaired) electrons. The lowest BCUT2D eigenvalue weighted by Gasteiger charge is -2.15. The summed E-state index contributed by atoms with van der Waals surface area (Å²) in [4.78, 5) is 0. The van der Waals surface area contributed by atoms with Crippen LogP contribution in [0.2, 0.25) is 0 Å². The van der Waals surface area contributed by atoms with Gasteiger partial charge in [0.15, 0.2) is 0 Å². The molecule has 0 aliphatic heterocycles. The number of nitrogens with two attached hydrogens (primary N) is 1. The lowest BCUT2D eigenvalue weighted by Crippen LogP contribution is -2.26. The van der Waals surface area contributed by atoms with Crippen LogP contribution in [0.4, 0.5) is 8.78 Å². The fraction of sp³-hybridized carbons (Fsp3) is 0.300. The van der Waals surface area contributed by atoms with Crippen molar-refractivity contribution in [2.45, 2.75) is 39.5 Å². The second kappa shape index (κ2) is 6.91. The number of rotatable bonds is 2. The summed E-state index contributed by atoms with van der Waals surface area (Å²) in [5.41, 5.74) is 8.85. The first-order valence-electron chi connectivity index (χ1n) is 9.21. The van der Waals surface area contributed by atoms with E-state index in [0.29, 0.717) is 41.1 Å². The van der Waals surface area contributed by atoms with Gasteiger partial charge in [0.1, 0.15) is 23.1 Å². The quantitative estimate of drug-likeness (QED) is 0.261. The number of phenolic OH excluding ortho intramolecular Hbond substituents is 1. The zero-order valence-electron chi connectivity index (χ0n) is 16.0. The van der Waals surface area contributed by atoms with Crippen molar-refractivity contribution >= 4 is 5.96 Å². The van der Waals surface area contributed by atoms with Gasteiger partial charge in [-0.1, -0.05) is 10.3 Å². The number of oxime groups is 1. The van der Waals surface area contributed by atoms with Crippen molar-refractivity contribution in [1.82, 2.24) is 9.72 Å². The summed E-state index contributed by atoms with van der Waals surface area (Å²) in [5, 5.41) is 26.1. The second-order valence-corrected chi connectivity index (χ2v) is 7.13. The Hall–Kier alpha value is -3.36. The highest BCUT2D eigenvalue weighted by Crippen LogP contribution is 2.46. The van der Waals surface area contributed by atoms with Gasteiger partial charge in [0.2, 0.25) is 5.96 Å². The van der Waals surface area contributed by atoms with Crippen molar-refractivity contribution in [2.75, 3.05) is 0 Å². The topological polar surface area (TPSA) is 110 Å². The van der Waals surface area contributed by atoms with Crippen molar-refractivity contribution in [3.63, 3.8) is 0 Å². The number of phenols is 1. The number of benzene rings is 1. The molecule has 1 aliphatic carbocycles. The molecule has 0 amide bonds. The van der Waals surface area contributed by atoms with Gasteiger partial charge in [0.05, 0.1) is 22.5 Å². The molecule has 4 rings (SSSR count). The summed E-state index contributed by atoms with van der Waals surface area (Å²) in [6.07, 6.45) is 2.87. The highest BCUT2D eigenvalue weighted by Gasteiger charge is 2.33. The van der Waals surface area contributed by atoms with Gasteiger partial charge in [-0.25, -0.2) is 8.78 Å². The minimum absolute atomic E-state index is 0.219. The van der Waals surface area contributed by atoms with Gasteiger partial charge in [0, 0.05) is 23.4 Å². The fourth-order valence-electron chi connectivity index (χ4n) is 4.22. The average molecular weight is 402 g/mol. The molecule has 9 heteroatoms. The van der Waals surface area contributed by atoms with Crippen LogP contribution in [-0.4, -0.2) is 26.0 Å². The second-order valence-electron chi connectivity index (χ2n) is 7.13. The molecular weight excluding hydrogens is 382 g/mol. The SMILES string of the molecule is Cc1noc(C)c1-c1c(-c2c(F)cc(O)cc2F)c2c(n1/C(N)=N/O)CCCC2. The summed E-state index contributed by atoms with van der Waals surface area (Å²) >= 11 is 0. The van der Waals surface area contributed by atoms with Crippen molar-refractivity contribution in [3.05, 3.63) is 46.5 Å². The van der Waals surface area contributed by atoms with Crippen molar-refractivity contribution in [2.24, 2.45) is 10.9 Å². The number of hydrogen-bond acceptors (Lipinski definition) is 5. The van der Waals surface area contributed by atoms with E-state index >= 15 is 0 Å². The molecule has 1 aromatic carbocycles. The third-order valence-electron chi connectivity index (χ3n) is 5.35. The molecule has 0 spiro atoms. The van der Waals surface area contributed by atoms with Gasteiger partial charge in [-0.3, -0.25) is 4.57 Å². The van der Waals surface area contributed by atoms with E-state index < -0.39 is 17.4 Å². The lowest BCUT2D eigenvalue weighted by atomic mass is 9.89. The van der Waals surface area contributed by atoms with E-state index in [9.17, 15) is 19.1 Å². The third kappa shape index (κ3) is 2.84. The molecular formula is C20H20F2N4O3. The third-order valence-corrected chi connectivity index (χ3v) is 5.35. The van der Waals surface area contributed by atoms with Crippen LogP contribution >= 0.6 is 0 Å². The van der Waals surface area contributed by atoms with Crippen LogP contribution in [0.25, 0.3) is 22.4 Å². The van der Waals surface area contributed by atoms with Crippen LogP contribution < -0.4 is 5.73 Å². The molecule has 0 bridgehead atoms. The molecule has 7 nitrogen and oxygen atoms in total. The predicted molar refractivity (Wildman–Crippen MR) is 102 cm³/mol. The van der Waals surface area contributed by atoms with Crippen LogP contribution in [0.15, 0.2) is 21.8 Å². The van der Waals surface area contributed by atoms with E-state index in [-0.39, 0.29) is 11.5 Å². The van der Waals surface area contributed by atoms with Gasteiger partial charge in [-0.05, 0) is 45.1 Å². The van der Waals surface area contributed by atoms with Crippen LogP contribution in [0.1, 0.15) is 35.6 Å². The molecule has 3 aromatic rings. The maximum Gasteiger partial charge on any atom is 0.242 e. The average Bonchev–Trinajstić information content (AvgIpc) is 3.17. The molecule has 0 fully saturated rings. The van der Waals surface area contributed by atoms with Crippen LogP contribution in [0.5, 0.6) is 5.75 Å². The Morgan fingerprint density at radius 2 is 1.79 bits per heavy atom. The number of nitrogens with zero attached hydrogens (tertiary/aromatic N) is 3. The summed E-state index contributed by atoms with van der Waals surface area (Å²) in [6.45, 7) is 3.40. The first-order chi connectivity index (χ1) is 13.8. The minimum Gasteiger partial charge on any atom is -0.508 e. The molecule has 152 valence electrons. The largest absolute Gasteiger partial charge is 0.508 e. The molecule has 2 heterocycles. The molecule has 0 saturated heterocycles. The zero-order valence-corrected chi connectivity index (χ0v) is 16.0. The minimum atomic E-state index is -0.902. The molecule has 0 unspecified atom stereocenters. The van der Waals surface area contributed by atoms with E-state index in [0.717, 1.165) is 36.2 Å². The predicted octanol–water partition coefficient (Wildman–Crippen LogP) is 3.84. The maximum absolute atomic E-state index is 14.9. The Morgan fingerprint density at radius 1 is 1.14 bits per heavy atom.